The van der Waals surface area contributed by atoms with Gasteiger partial charge in [-0.2, -0.15) is 0 Å². The van der Waals surface area contributed by atoms with E-state index in [1.807, 2.05) is 7.05 Å². The quantitative estimate of drug-likeness (QED) is 0.673. The number of aromatic nitrogens is 1. The van der Waals surface area contributed by atoms with Crippen LogP contribution in [0, 0.1) is 13.8 Å². The monoisotopic (exact) mass is 152 g/mol. The summed E-state index contributed by atoms with van der Waals surface area (Å²) in [5.41, 5.74) is 3.99. The van der Waals surface area contributed by atoms with Crippen molar-refractivity contribution in [2.45, 2.75) is 20.3 Å². The van der Waals surface area contributed by atoms with Crippen LogP contribution in [-0.4, -0.2) is 18.6 Å². The molecule has 0 saturated carbocycles. The number of nitrogens with one attached hydrogen (secondary N) is 2. The standard InChI is InChI=1S/C9H16N2/c1-7-6-9(4-5-10-3)8(2)11-7/h6,10-11H,4-5H2,1-3H3. The number of H-pyrrole nitrogens is 1. The Labute approximate surface area is 68.0 Å². The van der Waals surface area contributed by atoms with Gasteiger partial charge in [0.1, 0.15) is 0 Å². The predicted octanol–water partition coefficient (Wildman–Crippen LogP) is 1.39. The maximum atomic E-state index is 3.29. The van der Waals surface area contributed by atoms with E-state index < -0.39 is 0 Å². The molecule has 0 aromatic carbocycles. The molecule has 1 aromatic rings. The third-order valence-electron chi connectivity index (χ3n) is 1.90. The second-order valence-corrected chi connectivity index (χ2v) is 2.96. The highest BCUT2D eigenvalue weighted by Gasteiger charge is 1.99. The zero-order valence-corrected chi connectivity index (χ0v) is 7.49. The van der Waals surface area contributed by atoms with Crippen LogP contribution in [0.4, 0.5) is 0 Å². The summed E-state index contributed by atoms with van der Waals surface area (Å²) in [6, 6.07) is 2.21. The van der Waals surface area contributed by atoms with Gasteiger partial charge in [-0.25, -0.2) is 0 Å². The Hall–Kier alpha value is -0.760. The first-order chi connectivity index (χ1) is 5.24. The molecule has 11 heavy (non-hydrogen) atoms. The van der Waals surface area contributed by atoms with Crippen LogP contribution in [0.1, 0.15) is 17.0 Å². The molecular formula is C9H16N2. The summed E-state index contributed by atoms with van der Waals surface area (Å²) in [5.74, 6) is 0. The summed E-state index contributed by atoms with van der Waals surface area (Å²) < 4.78 is 0. The van der Waals surface area contributed by atoms with Gasteiger partial charge in [0.25, 0.3) is 0 Å². The normalized spacial score (nSPS) is 10.5. The van der Waals surface area contributed by atoms with E-state index in [4.69, 9.17) is 0 Å². The number of aryl methyl sites for hydroxylation is 2. The smallest absolute Gasteiger partial charge is 0.0150 e. The van der Waals surface area contributed by atoms with Gasteiger partial charge in [0.2, 0.25) is 0 Å². The van der Waals surface area contributed by atoms with Crippen LogP contribution in [0.15, 0.2) is 6.07 Å². The highest BCUT2D eigenvalue weighted by molar-refractivity contribution is 5.24. The van der Waals surface area contributed by atoms with E-state index >= 15 is 0 Å². The summed E-state index contributed by atoms with van der Waals surface area (Å²) >= 11 is 0. The SMILES string of the molecule is CNCCc1cc(C)[nH]c1C. The molecule has 0 aliphatic carbocycles. The maximum Gasteiger partial charge on any atom is 0.0150 e. The molecule has 1 heterocycles. The van der Waals surface area contributed by atoms with Crippen molar-refractivity contribution in [3.8, 4) is 0 Å². The van der Waals surface area contributed by atoms with Crippen molar-refractivity contribution in [2.24, 2.45) is 0 Å². The fourth-order valence-corrected chi connectivity index (χ4v) is 1.30. The summed E-state index contributed by atoms with van der Waals surface area (Å²) in [6.07, 6.45) is 1.12. The first-order valence-electron chi connectivity index (χ1n) is 4.03. The first-order valence-corrected chi connectivity index (χ1v) is 4.03. The number of hydrogen-bond donors (Lipinski definition) is 2. The van der Waals surface area contributed by atoms with Crippen molar-refractivity contribution in [3.63, 3.8) is 0 Å². The second kappa shape index (κ2) is 3.58. The second-order valence-electron chi connectivity index (χ2n) is 2.96. The average Bonchev–Trinajstić information content (AvgIpc) is 2.26. The van der Waals surface area contributed by atoms with E-state index in [1.165, 1.54) is 17.0 Å². The molecule has 0 aliphatic heterocycles. The number of hydrogen-bond acceptors (Lipinski definition) is 1. The lowest BCUT2D eigenvalue weighted by atomic mass is 10.2. The fraction of sp³-hybridized carbons (Fsp3) is 0.556. The van der Waals surface area contributed by atoms with Crippen molar-refractivity contribution in [1.29, 1.82) is 0 Å². The average molecular weight is 152 g/mol. The zero-order chi connectivity index (χ0) is 8.27. The van der Waals surface area contributed by atoms with Crippen LogP contribution in [0.5, 0.6) is 0 Å². The van der Waals surface area contributed by atoms with Crippen molar-refractivity contribution in [1.82, 2.24) is 10.3 Å². The lowest BCUT2D eigenvalue weighted by Gasteiger charge is -1.97. The van der Waals surface area contributed by atoms with Gasteiger partial charge in [-0.05, 0) is 45.5 Å². The zero-order valence-electron chi connectivity index (χ0n) is 7.49. The third kappa shape index (κ3) is 2.09. The molecule has 2 nitrogen and oxygen atoms in total. The molecule has 1 aromatic heterocycles. The Kier molecular flexibility index (Phi) is 2.71. The number of aromatic amines is 1. The molecule has 0 unspecified atom stereocenters. The van der Waals surface area contributed by atoms with E-state index in [-0.39, 0.29) is 0 Å². The Morgan fingerprint density at radius 1 is 1.45 bits per heavy atom. The molecule has 2 N–H and O–H groups in total. The van der Waals surface area contributed by atoms with Crippen LogP contribution < -0.4 is 5.32 Å². The molecule has 0 saturated heterocycles. The lowest BCUT2D eigenvalue weighted by Crippen LogP contribution is -2.10. The van der Waals surface area contributed by atoms with Gasteiger partial charge in [0.05, 0.1) is 0 Å². The van der Waals surface area contributed by atoms with E-state index in [1.54, 1.807) is 0 Å². The molecule has 0 atom stereocenters. The molecular weight excluding hydrogens is 136 g/mol. The molecule has 0 spiro atoms. The molecule has 0 fully saturated rings. The first kappa shape index (κ1) is 8.34. The molecule has 62 valence electrons. The summed E-state index contributed by atoms with van der Waals surface area (Å²) in [6.45, 7) is 5.27. The maximum absolute atomic E-state index is 3.29. The Morgan fingerprint density at radius 3 is 2.64 bits per heavy atom. The van der Waals surface area contributed by atoms with E-state index in [2.05, 4.69) is 30.2 Å². The van der Waals surface area contributed by atoms with Crippen LogP contribution in [0.2, 0.25) is 0 Å². The lowest BCUT2D eigenvalue weighted by molar-refractivity contribution is 0.789. The van der Waals surface area contributed by atoms with Crippen LogP contribution in [0.3, 0.4) is 0 Å². The third-order valence-corrected chi connectivity index (χ3v) is 1.90. The van der Waals surface area contributed by atoms with E-state index in [9.17, 15) is 0 Å². The molecule has 1 rings (SSSR count). The molecule has 2 heteroatoms. The van der Waals surface area contributed by atoms with Gasteiger partial charge in [0, 0.05) is 11.4 Å². The Balaban J connectivity index is 2.62. The predicted molar refractivity (Wildman–Crippen MR) is 47.9 cm³/mol. The van der Waals surface area contributed by atoms with Gasteiger partial charge >= 0.3 is 0 Å². The van der Waals surface area contributed by atoms with Crippen molar-refractivity contribution in [3.05, 3.63) is 23.0 Å². The topological polar surface area (TPSA) is 27.8 Å². The van der Waals surface area contributed by atoms with E-state index in [0.717, 1.165) is 13.0 Å². The van der Waals surface area contributed by atoms with Crippen molar-refractivity contribution < 1.29 is 0 Å². The molecule has 0 radical (unpaired) electrons. The Bertz CT molecular complexity index is 225. The highest BCUT2D eigenvalue weighted by atomic mass is 14.8. The summed E-state index contributed by atoms with van der Waals surface area (Å²) in [5, 5.41) is 3.14. The minimum absolute atomic E-state index is 1.05. The fourth-order valence-electron chi connectivity index (χ4n) is 1.30. The molecule has 0 aliphatic rings. The highest BCUT2D eigenvalue weighted by Crippen LogP contribution is 2.08. The van der Waals surface area contributed by atoms with Crippen molar-refractivity contribution in [2.75, 3.05) is 13.6 Å². The number of likely N-dealkylation sites (N-methyl/N-ethyl adjacent to an activating group) is 1. The van der Waals surface area contributed by atoms with E-state index in [0.29, 0.717) is 0 Å². The van der Waals surface area contributed by atoms with Gasteiger partial charge in [-0.1, -0.05) is 0 Å². The van der Waals surface area contributed by atoms with Crippen LogP contribution >= 0.6 is 0 Å². The Morgan fingerprint density at radius 2 is 2.18 bits per heavy atom. The van der Waals surface area contributed by atoms with Gasteiger partial charge in [-0.3, -0.25) is 0 Å². The minimum Gasteiger partial charge on any atom is -0.362 e. The van der Waals surface area contributed by atoms with Crippen LogP contribution in [-0.2, 0) is 6.42 Å². The number of rotatable bonds is 3. The molecule has 0 amide bonds. The van der Waals surface area contributed by atoms with Crippen molar-refractivity contribution >= 4 is 0 Å². The summed E-state index contributed by atoms with van der Waals surface area (Å²) in [7, 11) is 1.98. The van der Waals surface area contributed by atoms with Gasteiger partial charge in [-0.15, -0.1) is 0 Å². The van der Waals surface area contributed by atoms with Crippen LogP contribution in [0.25, 0.3) is 0 Å². The molecule has 0 bridgehead atoms. The van der Waals surface area contributed by atoms with Gasteiger partial charge < -0.3 is 10.3 Å². The summed E-state index contributed by atoms with van der Waals surface area (Å²) in [4.78, 5) is 3.29. The minimum atomic E-state index is 1.05. The largest absolute Gasteiger partial charge is 0.362 e. The van der Waals surface area contributed by atoms with Gasteiger partial charge in [0.15, 0.2) is 0 Å².